The number of hydrogen-bond acceptors (Lipinski definition) is 6. The molecule has 0 saturated carbocycles. The largest absolute Gasteiger partial charge is 0.455 e. The Bertz CT molecular complexity index is 958. The number of thioether (sulfide) groups is 1. The molecule has 0 aromatic heterocycles. The van der Waals surface area contributed by atoms with Gasteiger partial charge in [-0.05, 0) is 43.2 Å². The van der Waals surface area contributed by atoms with Gasteiger partial charge >= 0.3 is 5.97 Å². The Morgan fingerprint density at radius 2 is 1.81 bits per heavy atom. The second-order valence-corrected chi connectivity index (χ2v) is 8.34. The highest BCUT2D eigenvalue weighted by atomic mass is 32.2. The molecule has 0 aliphatic rings. The lowest BCUT2D eigenvalue weighted by Gasteiger charge is -2.09. The third-order valence-corrected chi connectivity index (χ3v) is 5.78. The monoisotopic (exact) mass is 408 g/mol. The number of ether oxygens (including phenoxy) is 1. The van der Waals surface area contributed by atoms with Gasteiger partial charge in [0.2, 0.25) is 10.0 Å². The van der Waals surface area contributed by atoms with Crippen molar-refractivity contribution in [2.75, 3.05) is 17.7 Å². The first-order chi connectivity index (χ1) is 12.7. The molecule has 2 rings (SSSR count). The van der Waals surface area contributed by atoms with Crippen LogP contribution in [0.15, 0.2) is 52.3 Å². The van der Waals surface area contributed by atoms with E-state index in [1.165, 1.54) is 30.0 Å². The number of hydrogen-bond donors (Lipinski definition) is 2. The van der Waals surface area contributed by atoms with Gasteiger partial charge in [-0.2, -0.15) is 0 Å². The number of aryl methyl sites for hydroxylation is 2. The Labute approximate surface area is 162 Å². The van der Waals surface area contributed by atoms with Crippen LogP contribution in [0.4, 0.5) is 5.69 Å². The molecule has 1 amide bonds. The van der Waals surface area contributed by atoms with Crippen LogP contribution in [0, 0.1) is 13.8 Å². The first-order valence-corrected chi connectivity index (χ1v) is 10.5. The van der Waals surface area contributed by atoms with Gasteiger partial charge in [0.05, 0.1) is 10.6 Å². The van der Waals surface area contributed by atoms with Crippen molar-refractivity contribution in [2.24, 2.45) is 5.14 Å². The van der Waals surface area contributed by atoms with Crippen molar-refractivity contribution in [1.82, 2.24) is 0 Å². The van der Waals surface area contributed by atoms with Crippen LogP contribution >= 0.6 is 11.8 Å². The fourth-order valence-electron chi connectivity index (χ4n) is 2.22. The van der Waals surface area contributed by atoms with E-state index in [0.29, 0.717) is 5.56 Å². The van der Waals surface area contributed by atoms with Gasteiger partial charge in [-0.25, -0.2) is 13.6 Å². The Morgan fingerprint density at radius 1 is 1.11 bits per heavy atom. The summed E-state index contributed by atoms with van der Waals surface area (Å²) >= 11 is 1.33. The molecule has 2 aromatic carbocycles. The quantitative estimate of drug-likeness (QED) is 0.536. The van der Waals surface area contributed by atoms with Gasteiger partial charge in [0.1, 0.15) is 0 Å². The van der Waals surface area contributed by atoms with Crippen LogP contribution < -0.4 is 10.5 Å². The van der Waals surface area contributed by atoms with Gasteiger partial charge in [0.25, 0.3) is 5.91 Å². The Morgan fingerprint density at radius 3 is 2.48 bits per heavy atom. The topological polar surface area (TPSA) is 116 Å². The number of primary sulfonamides is 1. The van der Waals surface area contributed by atoms with Crippen molar-refractivity contribution in [3.05, 3.63) is 53.6 Å². The Balaban J connectivity index is 1.86. The first kappa shape index (κ1) is 20.9. The van der Waals surface area contributed by atoms with E-state index in [2.05, 4.69) is 5.32 Å². The molecule has 0 radical (unpaired) electrons. The molecule has 7 nitrogen and oxygen atoms in total. The lowest BCUT2D eigenvalue weighted by Crippen LogP contribution is -2.22. The highest BCUT2D eigenvalue weighted by Gasteiger charge is 2.14. The SMILES string of the molecule is Cc1ccccc1SCC(=O)OCC(=O)Nc1ccc(C)c(S(N)(=O)=O)c1. The van der Waals surface area contributed by atoms with E-state index in [-0.39, 0.29) is 16.3 Å². The lowest BCUT2D eigenvalue weighted by molar-refractivity contribution is -0.144. The van der Waals surface area contributed by atoms with E-state index >= 15 is 0 Å². The van der Waals surface area contributed by atoms with E-state index in [1.807, 2.05) is 31.2 Å². The smallest absolute Gasteiger partial charge is 0.316 e. The van der Waals surface area contributed by atoms with Crippen LogP contribution in [-0.2, 0) is 24.3 Å². The summed E-state index contributed by atoms with van der Waals surface area (Å²) in [6.45, 7) is 3.07. The van der Waals surface area contributed by atoms with E-state index in [0.717, 1.165) is 10.5 Å². The van der Waals surface area contributed by atoms with Crippen molar-refractivity contribution in [3.8, 4) is 0 Å². The van der Waals surface area contributed by atoms with Crippen LogP contribution in [0.25, 0.3) is 0 Å². The van der Waals surface area contributed by atoms with Crippen LogP contribution in [-0.4, -0.2) is 32.7 Å². The number of sulfonamides is 1. The summed E-state index contributed by atoms with van der Waals surface area (Å²) in [7, 11) is -3.89. The minimum absolute atomic E-state index is 0.0769. The number of benzene rings is 2. The number of nitrogens with two attached hydrogens (primary N) is 1. The molecule has 27 heavy (non-hydrogen) atoms. The zero-order chi connectivity index (χ0) is 20.0. The zero-order valence-corrected chi connectivity index (χ0v) is 16.5. The van der Waals surface area contributed by atoms with Crippen molar-refractivity contribution < 1.29 is 22.7 Å². The number of esters is 1. The Kier molecular flexibility index (Phi) is 7.00. The Hall–Kier alpha value is -2.36. The number of rotatable bonds is 7. The summed E-state index contributed by atoms with van der Waals surface area (Å²) in [6.07, 6.45) is 0. The first-order valence-electron chi connectivity index (χ1n) is 7.94. The molecule has 144 valence electrons. The molecule has 0 heterocycles. The second-order valence-electron chi connectivity index (χ2n) is 5.79. The molecule has 0 unspecified atom stereocenters. The molecule has 9 heteroatoms. The van der Waals surface area contributed by atoms with E-state index < -0.39 is 28.5 Å². The number of amides is 1. The lowest BCUT2D eigenvalue weighted by atomic mass is 10.2. The molecule has 0 bridgehead atoms. The molecule has 0 spiro atoms. The number of carbonyl (C=O) groups excluding carboxylic acids is 2. The minimum atomic E-state index is -3.89. The maximum atomic E-state index is 11.9. The molecular formula is C18H20N2O5S2. The van der Waals surface area contributed by atoms with Crippen molar-refractivity contribution in [3.63, 3.8) is 0 Å². The maximum absolute atomic E-state index is 11.9. The average Bonchev–Trinajstić information content (AvgIpc) is 2.60. The summed E-state index contributed by atoms with van der Waals surface area (Å²) in [5.74, 6) is -1.01. The molecular weight excluding hydrogens is 388 g/mol. The summed E-state index contributed by atoms with van der Waals surface area (Å²) in [6, 6.07) is 12.0. The number of nitrogens with one attached hydrogen (secondary N) is 1. The normalized spacial score (nSPS) is 11.1. The number of anilines is 1. The van der Waals surface area contributed by atoms with E-state index in [4.69, 9.17) is 9.88 Å². The van der Waals surface area contributed by atoms with Crippen LogP contribution in [0.2, 0.25) is 0 Å². The van der Waals surface area contributed by atoms with Crippen LogP contribution in [0.1, 0.15) is 11.1 Å². The molecule has 0 fully saturated rings. The maximum Gasteiger partial charge on any atom is 0.316 e. The summed E-state index contributed by atoms with van der Waals surface area (Å²) in [4.78, 5) is 24.6. The summed E-state index contributed by atoms with van der Waals surface area (Å²) in [5, 5.41) is 7.61. The standard InChI is InChI=1S/C18H20N2O5S2/c1-12-5-3-4-6-15(12)26-11-18(22)25-10-17(21)20-14-8-7-13(2)16(9-14)27(19,23)24/h3-9H,10-11H2,1-2H3,(H,20,21)(H2,19,23,24). The zero-order valence-electron chi connectivity index (χ0n) is 14.9. The van der Waals surface area contributed by atoms with Crippen molar-refractivity contribution >= 4 is 39.3 Å². The van der Waals surface area contributed by atoms with Gasteiger partial charge in [-0.3, -0.25) is 9.59 Å². The fourth-order valence-corrected chi connectivity index (χ4v) is 3.86. The van der Waals surface area contributed by atoms with Crippen LogP contribution in [0.5, 0.6) is 0 Å². The van der Waals surface area contributed by atoms with Gasteiger partial charge in [0, 0.05) is 10.6 Å². The molecule has 0 aliphatic heterocycles. The molecule has 2 aromatic rings. The summed E-state index contributed by atoms with van der Waals surface area (Å²) < 4.78 is 28.0. The number of carbonyl (C=O) groups is 2. The molecule has 0 atom stereocenters. The van der Waals surface area contributed by atoms with Gasteiger partial charge in [-0.15, -0.1) is 11.8 Å². The summed E-state index contributed by atoms with van der Waals surface area (Å²) in [5.41, 5.74) is 1.77. The minimum Gasteiger partial charge on any atom is -0.455 e. The van der Waals surface area contributed by atoms with Gasteiger partial charge < -0.3 is 10.1 Å². The van der Waals surface area contributed by atoms with Crippen molar-refractivity contribution in [1.29, 1.82) is 0 Å². The fraction of sp³-hybridized carbons (Fsp3) is 0.222. The van der Waals surface area contributed by atoms with Crippen LogP contribution in [0.3, 0.4) is 0 Å². The highest BCUT2D eigenvalue weighted by molar-refractivity contribution is 8.00. The molecule has 0 aliphatic carbocycles. The highest BCUT2D eigenvalue weighted by Crippen LogP contribution is 2.22. The molecule has 0 saturated heterocycles. The molecule has 3 N–H and O–H groups in total. The van der Waals surface area contributed by atoms with E-state index in [1.54, 1.807) is 6.92 Å². The van der Waals surface area contributed by atoms with Crippen molar-refractivity contribution in [2.45, 2.75) is 23.6 Å². The predicted octanol–water partition coefficient (Wildman–Crippen LogP) is 2.22. The van der Waals surface area contributed by atoms with Gasteiger partial charge in [0.15, 0.2) is 6.61 Å². The predicted molar refractivity (Wildman–Crippen MR) is 104 cm³/mol. The second kappa shape index (κ2) is 9.03. The third-order valence-electron chi connectivity index (χ3n) is 3.58. The van der Waals surface area contributed by atoms with E-state index in [9.17, 15) is 18.0 Å². The third kappa shape index (κ3) is 6.38. The van der Waals surface area contributed by atoms with Gasteiger partial charge in [-0.1, -0.05) is 24.3 Å². The average molecular weight is 409 g/mol.